The lowest BCUT2D eigenvalue weighted by Crippen LogP contribution is -2.29. The molecule has 0 spiro atoms. The van der Waals surface area contributed by atoms with E-state index in [0.29, 0.717) is 0 Å². The van der Waals surface area contributed by atoms with Gasteiger partial charge in [-0.15, -0.1) is 0 Å². The first-order valence-electron chi connectivity index (χ1n) is 6.16. The number of piperidine rings is 1. The second-order valence-corrected chi connectivity index (χ2v) is 4.94. The highest BCUT2D eigenvalue weighted by molar-refractivity contribution is 4.73. The minimum Gasteiger partial charge on any atom is -0.316 e. The molecule has 1 atom stereocenters. The van der Waals surface area contributed by atoms with Gasteiger partial charge >= 0.3 is 0 Å². The molecule has 0 radical (unpaired) electrons. The van der Waals surface area contributed by atoms with E-state index in [2.05, 4.69) is 5.32 Å². The summed E-state index contributed by atoms with van der Waals surface area (Å²) in [6.07, 6.45) is 12.0. The minimum absolute atomic E-state index is 1.01. The van der Waals surface area contributed by atoms with Gasteiger partial charge in [0, 0.05) is 0 Å². The Hall–Kier alpha value is -0.0400. The van der Waals surface area contributed by atoms with Crippen molar-refractivity contribution < 1.29 is 0 Å². The van der Waals surface area contributed by atoms with E-state index < -0.39 is 0 Å². The molecule has 2 aliphatic rings. The predicted molar refractivity (Wildman–Crippen MR) is 56.8 cm³/mol. The van der Waals surface area contributed by atoms with Crippen LogP contribution in [0.15, 0.2) is 0 Å². The molecule has 1 saturated carbocycles. The minimum atomic E-state index is 1.01. The average molecular weight is 181 g/mol. The SMILES string of the molecule is C1CCC(CCC2CCCNC2)C1. The Morgan fingerprint density at radius 2 is 1.54 bits per heavy atom. The van der Waals surface area contributed by atoms with Crippen LogP contribution in [0, 0.1) is 11.8 Å². The van der Waals surface area contributed by atoms with Gasteiger partial charge in [0.05, 0.1) is 0 Å². The molecule has 2 rings (SSSR count). The summed E-state index contributed by atoms with van der Waals surface area (Å²) >= 11 is 0. The highest BCUT2D eigenvalue weighted by Crippen LogP contribution is 2.30. The summed E-state index contributed by atoms with van der Waals surface area (Å²) in [6.45, 7) is 2.56. The number of nitrogens with one attached hydrogen (secondary N) is 1. The zero-order valence-corrected chi connectivity index (χ0v) is 8.73. The molecule has 0 aromatic carbocycles. The summed E-state index contributed by atoms with van der Waals surface area (Å²) < 4.78 is 0. The van der Waals surface area contributed by atoms with Gasteiger partial charge in [-0.25, -0.2) is 0 Å². The van der Waals surface area contributed by atoms with Crippen molar-refractivity contribution in [2.75, 3.05) is 13.1 Å². The average Bonchev–Trinajstić information content (AvgIpc) is 2.69. The third-order valence-corrected chi connectivity index (χ3v) is 3.86. The van der Waals surface area contributed by atoms with Crippen molar-refractivity contribution in [1.29, 1.82) is 0 Å². The molecule has 1 unspecified atom stereocenters. The molecular weight excluding hydrogens is 158 g/mol. The predicted octanol–water partition coefficient (Wildman–Crippen LogP) is 2.96. The lowest BCUT2D eigenvalue weighted by atomic mass is 9.90. The van der Waals surface area contributed by atoms with Crippen LogP contribution in [0.25, 0.3) is 0 Å². The maximum atomic E-state index is 3.51. The molecule has 2 fully saturated rings. The van der Waals surface area contributed by atoms with Gasteiger partial charge in [0.2, 0.25) is 0 Å². The first-order chi connectivity index (χ1) is 6.45. The fourth-order valence-corrected chi connectivity index (χ4v) is 2.94. The van der Waals surface area contributed by atoms with Gasteiger partial charge in [-0.05, 0) is 44.2 Å². The molecule has 1 aliphatic heterocycles. The van der Waals surface area contributed by atoms with E-state index in [1.54, 1.807) is 0 Å². The maximum absolute atomic E-state index is 3.51. The molecule has 13 heavy (non-hydrogen) atoms. The van der Waals surface area contributed by atoms with Crippen LogP contribution in [-0.2, 0) is 0 Å². The van der Waals surface area contributed by atoms with Crippen LogP contribution in [0.5, 0.6) is 0 Å². The molecule has 1 heterocycles. The summed E-state index contributed by atoms with van der Waals surface area (Å²) in [7, 11) is 0. The first kappa shape index (κ1) is 9.51. The van der Waals surface area contributed by atoms with Crippen LogP contribution in [0.4, 0.5) is 0 Å². The summed E-state index contributed by atoms with van der Waals surface area (Å²) in [5.41, 5.74) is 0. The van der Waals surface area contributed by atoms with E-state index in [0.717, 1.165) is 11.8 Å². The Labute approximate surface area is 82.3 Å². The van der Waals surface area contributed by atoms with Crippen LogP contribution in [0.3, 0.4) is 0 Å². The molecule has 1 saturated heterocycles. The van der Waals surface area contributed by atoms with Crippen molar-refractivity contribution in [3.8, 4) is 0 Å². The molecular formula is C12H23N. The van der Waals surface area contributed by atoms with E-state index in [1.807, 2.05) is 0 Å². The Kier molecular flexibility index (Phi) is 3.65. The number of hydrogen-bond donors (Lipinski definition) is 1. The highest BCUT2D eigenvalue weighted by Gasteiger charge is 2.18. The van der Waals surface area contributed by atoms with Crippen molar-refractivity contribution in [3.63, 3.8) is 0 Å². The normalized spacial score (nSPS) is 30.9. The molecule has 1 aliphatic carbocycles. The molecule has 1 heteroatoms. The third-order valence-electron chi connectivity index (χ3n) is 3.86. The van der Waals surface area contributed by atoms with Crippen molar-refractivity contribution >= 4 is 0 Å². The summed E-state index contributed by atoms with van der Waals surface area (Å²) in [5, 5.41) is 3.51. The largest absolute Gasteiger partial charge is 0.316 e. The van der Waals surface area contributed by atoms with Crippen LogP contribution >= 0.6 is 0 Å². The molecule has 1 N–H and O–H groups in total. The standard InChI is InChI=1S/C12H23N/c1-2-5-11(4-1)7-8-12-6-3-9-13-10-12/h11-13H,1-10H2. The van der Waals surface area contributed by atoms with Gasteiger partial charge in [-0.3, -0.25) is 0 Å². The van der Waals surface area contributed by atoms with Crippen LogP contribution < -0.4 is 5.32 Å². The molecule has 0 bridgehead atoms. The van der Waals surface area contributed by atoms with E-state index in [4.69, 9.17) is 0 Å². The van der Waals surface area contributed by atoms with Gasteiger partial charge in [0.15, 0.2) is 0 Å². The topological polar surface area (TPSA) is 12.0 Å². The van der Waals surface area contributed by atoms with Gasteiger partial charge in [-0.2, -0.15) is 0 Å². The lowest BCUT2D eigenvalue weighted by molar-refractivity contribution is 0.324. The van der Waals surface area contributed by atoms with Gasteiger partial charge in [0.25, 0.3) is 0 Å². The Balaban J connectivity index is 1.60. The lowest BCUT2D eigenvalue weighted by Gasteiger charge is -2.23. The van der Waals surface area contributed by atoms with Crippen molar-refractivity contribution in [1.82, 2.24) is 5.32 Å². The quantitative estimate of drug-likeness (QED) is 0.706. The smallest absolute Gasteiger partial charge is 0.00205 e. The maximum Gasteiger partial charge on any atom is -0.00205 e. The summed E-state index contributed by atoms with van der Waals surface area (Å²) in [5.74, 6) is 2.11. The Morgan fingerprint density at radius 3 is 2.23 bits per heavy atom. The summed E-state index contributed by atoms with van der Waals surface area (Å²) in [4.78, 5) is 0. The van der Waals surface area contributed by atoms with E-state index in [1.165, 1.54) is 64.5 Å². The van der Waals surface area contributed by atoms with Crippen molar-refractivity contribution in [2.24, 2.45) is 11.8 Å². The van der Waals surface area contributed by atoms with Crippen molar-refractivity contribution in [3.05, 3.63) is 0 Å². The van der Waals surface area contributed by atoms with Gasteiger partial charge < -0.3 is 5.32 Å². The van der Waals surface area contributed by atoms with Crippen LogP contribution in [0.1, 0.15) is 51.4 Å². The molecule has 0 aromatic heterocycles. The van der Waals surface area contributed by atoms with E-state index in [-0.39, 0.29) is 0 Å². The fourth-order valence-electron chi connectivity index (χ4n) is 2.94. The Bertz CT molecular complexity index is 132. The van der Waals surface area contributed by atoms with Crippen LogP contribution in [0.2, 0.25) is 0 Å². The second-order valence-electron chi connectivity index (χ2n) is 4.94. The zero-order valence-electron chi connectivity index (χ0n) is 8.73. The Morgan fingerprint density at radius 1 is 0.846 bits per heavy atom. The molecule has 0 aromatic rings. The van der Waals surface area contributed by atoms with E-state index in [9.17, 15) is 0 Å². The number of hydrogen-bond acceptors (Lipinski definition) is 1. The molecule has 0 amide bonds. The van der Waals surface area contributed by atoms with Gasteiger partial charge in [0.1, 0.15) is 0 Å². The van der Waals surface area contributed by atoms with Gasteiger partial charge in [-0.1, -0.05) is 32.1 Å². The highest BCUT2D eigenvalue weighted by atomic mass is 14.9. The number of rotatable bonds is 3. The summed E-state index contributed by atoms with van der Waals surface area (Å²) in [6, 6.07) is 0. The van der Waals surface area contributed by atoms with Crippen LogP contribution in [-0.4, -0.2) is 13.1 Å². The molecule has 76 valence electrons. The first-order valence-corrected chi connectivity index (χ1v) is 6.16. The molecule has 1 nitrogen and oxygen atoms in total. The fraction of sp³-hybridized carbons (Fsp3) is 1.00. The monoisotopic (exact) mass is 181 g/mol. The van der Waals surface area contributed by atoms with E-state index >= 15 is 0 Å². The van der Waals surface area contributed by atoms with Crippen molar-refractivity contribution in [2.45, 2.75) is 51.4 Å². The zero-order chi connectivity index (χ0) is 8.93. The third kappa shape index (κ3) is 2.98. The second kappa shape index (κ2) is 4.99.